The third kappa shape index (κ3) is 4.47. The Bertz CT molecular complexity index is 1480. The summed E-state index contributed by atoms with van der Waals surface area (Å²) >= 11 is 0. The van der Waals surface area contributed by atoms with E-state index in [1.807, 2.05) is 54.6 Å². The summed E-state index contributed by atoms with van der Waals surface area (Å²) in [6.45, 7) is 5.56. The smallest absolute Gasteiger partial charge is 0.336 e. The molecule has 0 fully saturated rings. The molecule has 0 bridgehead atoms. The molecule has 3 atom stereocenters. The summed E-state index contributed by atoms with van der Waals surface area (Å²) in [5, 5.41) is 3.30. The van der Waals surface area contributed by atoms with Gasteiger partial charge in [0.05, 0.1) is 47.6 Å². The SMILES string of the molecule is CCOC(=O)C1=C(C)NC2=C(C(=O)[C@H](C(=O)OCC)[C@@H](c3ccccc3)C2)[C@@H]1c1cnc2ccccc2n1. The average Bonchev–Trinajstić information content (AvgIpc) is 2.92. The fourth-order valence-electron chi connectivity index (χ4n) is 5.44. The highest BCUT2D eigenvalue weighted by molar-refractivity contribution is 6.13. The van der Waals surface area contributed by atoms with E-state index in [1.54, 1.807) is 27.0 Å². The molecule has 2 heterocycles. The molecule has 1 aromatic heterocycles. The van der Waals surface area contributed by atoms with E-state index in [9.17, 15) is 14.4 Å². The van der Waals surface area contributed by atoms with E-state index in [0.717, 1.165) is 5.56 Å². The molecular weight excluding hydrogens is 482 g/mol. The van der Waals surface area contributed by atoms with Crippen molar-refractivity contribution in [3.63, 3.8) is 0 Å². The molecule has 0 radical (unpaired) electrons. The Morgan fingerprint density at radius 1 is 0.974 bits per heavy atom. The molecule has 1 N–H and O–H groups in total. The third-order valence-electron chi connectivity index (χ3n) is 7.05. The molecule has 2 aliphatic rings. The summed E-state index contributed by atoms with van der Waals surface area (Å²) in [6.07, 6.45) is 1.98. The summed E-state index contributed by atoms with van der Waals surface area (Å²) in [5.41, 5.74) is 4.49. The Balaban J connectivity index is 1.70. The van der Waals surface area contributed by atoms with Gasteiger partial charge < -0.3 is 14.8 Å². The van der Waals surface area contributed by atoms with Crippen LogP contribution in [0.1, 0.15) is 50.3 Å². The van der Waals surface area contributed by atoms with E-state index in [1.165, 1.54) is 0 Å². The van der Waals surface area contributed by atoms with E-state index < -0.39 is 29.7 Å². The summed E-state index contributed by atoms with van der Waals surface area (Å²) in [7, 11) is 0. The number of rotatable bonds is 6. The van der Waals surface area contributed by atoms with Gasteiger partial charge in [-0.2, -0.15) is 0 Å². The summed E-state index contributed by atoms with van der Waals surface area (Å²) in [6, 6.07) is 16.9. The third-order valence-corrected chi connectivity index (χ3v) is 7.05. The van der Waals surface area contributed by atoms with Crippen molar-refractivity contribution in [3.8, 4) is 0 Å². The number of dihydropyridines is 1. The fourth-order valence-corrected chi connectivity index (χ4v) is 5.44. The van der Waals surface area contributed by atoms with Crippen LogP contribution in [0.25, 0.3) is 11.0 Å². The van der Waals surface area contributed by atoms with E-state index >= 15 is 0 Å². The highest BCUT2D eigenvalue weighted by Crippen LogP contribution is 2.47. The molecule has 38 heavy (non-hydrogen) atoms. The van der Waals surface area contributed by atoms with Gasteiger partial charge in [0.2, 0.25) is 0 Å². The minimum Gasteiger partial charge on any atom is -0.465 e. The Morgan fingerprint density at radius 2 is 1.66 bits per heavy atom. The standard InChI is InChI=1S/C30H29N3O5/c1-4-37-29(35)24-17(3)32-22-15-19(18-11-7-6-8-12-18)25(30(36)38-5-2)28(34)27(22)26(24)23-16-31-20-13-9-10-14-21(20)33-23/h6-14,16,19,25-26,32H,4-5,15H2,1-3H3/t19-,25-,26-/m1/s1. The highest BCUT2D eigenvalue weighted by Gasteiger charge is 2.49. The number of carbonyl (C=O) groups is 3. The van der Waals surface area contributed by atoms with E-state index in [-0.39, 0.29) is 24.6 Å². The molecule has 5 rings (SSSR count). The van der Waals surface area contributed by atoms with E-state index in [4.69, 9.17) is 14.5 Å². The van der Waals surface area contributed by atoms with Crippen LogP contribution in [-0.4, -0.2) is 40.9 Å². The minimum atomic E-state index is -1.06. The molecular formula is C30H29N3O5. The molecule has 0 unspecified atom stereocenters. The van der Waals surface area contributed by atoms with Crippen molar-refractivity contribution in [2.45, 2.75) is 39.0 Å². The van der Waals surface area contributed by atoms with Crippen molar-refractivity contribution in [2.24, 2.45) is 5.92 Å². The largest absolute Gasteiger partial charge is 0.465 e. The van der Waals surface area contributed by atoms with Crippen molar-refractivity contribution >= 4 is 28.8 Å². The molecule has 1 aliphatic carbocycles. The van der Waals surface area contributed by atoms with Crippen molar-refractivity contribution in [3.05, 3.63) is 94.6 Å². The lowest BCUT2D eigenvalue weighted by molar-refractivity contribution is -0.152. The number of nitrogens with zero attached hydrogens (tertiary/aromatic N) is 2. The quantitative estimate of drug-likeness (QED) is 0.385. The molecule has 8 nitrogen and oxygen atoms in total. The Labute approximate surface area is 220 Å². The van der Waals surface area contributed by atoms with Crippen LogP contribution in [0.4, 0.5) is 0 Å². The van der Waals surface area contributed by atoms with Crippen LogP contribution < -0.4 is 5.32 Å². The second-order valence-electron chi connectivity index (χ2n) is 9.31. The number of ketones is 1. The maximum absolute atomic E-state index is 14.3. The predicted molar refractivity (Wildman–Crippen MR) is 141 cm³/mol. The van der Waals surface area contributed by atoms with Gasteiger partial charge in [-0.1, -0.05) is 42.5 Å². The van der Waals surface area contributed by atoms with Crippen molar-refractivity contribution in [1.82, 2.24) is 15.3 Å². The summed E-state index contributed by atoms with van der Waals surface area (Å²) < 4.78 is 10.8. The van der Waals surface area contributed by atoms with Gasteiger partial charge in [0, 0.05) is 22.9 Å². The molecule has 1 aliphatic heterocycles. The minimum absolute atomic E-state index is 0.154. The molecule has 2 aromatic carbocycles. The van der Waals surface area contributed by atoms with Crippen LogP contribution in [0.5, 0.6) is 0 Å². The zero-order valence-corrected chi connectivity index (χ0v) is 21.6. The first kappa shape index (κ1) is 25.3. The van der Waals surface area contributed by atoms with Gasteiger partial charge in [0.1, 0.15) is 5.92 Å². The van der Waals surface area contributed by atoms with E-state index in [0.29, 0.717) is 40.1 Å². The van der Waals surface area contributed by atoms with Gasteiger partial charge >= 0.3 is 11.9 Å². The number of aromatic nitrogens is 2. The molecule has 3 aromatic rings. The molecule has 0 saturated carbocycles. The predicted octanol–water partition coefficient (Wildman–Crippen LogP) is 4.34. The second-order valence-corrected chi connectivity index (χ2v) is 9.31. The van der Waals surface area contributed by atoms with Crippen molar-refractivity contribution in [1.29, 1.82) is 0 Å². The number of benzene rings is 2. The lowest BCUT2D eigenvalue weighted by Gasteiger charge is -2.39. The number of carbonyl (C=O) groups excluding carboxylic acids is 3. The fraction of sp³-hybridized carbons (Fsp3) is 0.300. The van der Waals surface area contributed by atoms with Gasteiger partial charge in [-0.3, -0.25) is 14.6 Å². The summed E-state index contributed by atoms with van der Waals surface area (Å²) in [4.78, 5) is 50.2. The number of allylic oxidation sites excluding steroid dienone is 3. The van der Waals surface area contributed by atoms with Gasteiger partial charge in [-0.05, 0) is 44.9 Å². The summed E-state index contributed by atoms with van der Waals surface area (Å²) in [5.74, 6) is -3.84. The molecule has 0 amide bonds. The number of hydrogen-bond donors (Lipinski definition) is 1. The Morgan fingerprint density at radius 3 is 2.37 bits per heavy atom. The van der Waals surface area contributed by atoms with Gasteiger partial charge in [-0.15, -0.1) is 0 Å². The first-order valence-corrected chi connectivity index (χ1v) is 12.8. The van der Waals surface area contributed by atoms with Crippen molar-refractivity contribution in [2.75, 3.05) is 13.2 Å². The molecule has 0 spiro atoms. The van der Waals surface area contributed by atoms with Crippen molar-refractivity contribution < 1.29 is 23.9 Å². The van der Waals surface area contributed by atoms with Gasteiger partial charge in [-0.25, -0.2) is 9.78 Å². The monoisotopic (exact) mass is 511 g/mol. The van der Waals surface area contributed by atoms with E-state index in [2.05, 4.69) is 10.3 Å². The first-order chi connectivity index (χ1) is 18.4. The number of nitrogens with one attached hydrogen (secondary N) is 1. The number of hydrogen-bond acceptors (Lipinski definition) is 8. The highest BCUT2D eigenvalue weighted by atomic mass is 16.5. The number of Topliss-reactive ketones (excluding diaryl/α,β-unsaturated/α-hetero) is 1. The van der Waals surface area contributed by atoms with Gasteiger partial charge in [0.25, 0.3) is 0 Å². The van der Waals surface area contributed by atoms with Crippen LogP contribution in [-0.2, 0) is 23.9 Å². The normalized spacial score (nSPS) is 21.1. The lowest BCUT2D eigenvalue weighted by atomic mass is 9.68. The molecule has 0 saturated heterocycles. The number of esters is 2. The Hall–Kier alpha value is -4.33. The average molecular weight is 512 g/mol. The number of fused-ring (bicyclic) bond motifs is 1. The van der Waals surface area contributed by atoms with Crippen LogP contribution in [0.15, 0.2) is 83.3 Å². The number of para-hydroxylation sites is 2. The maximum atomic E-state index is 14.3. The molecule has 8 heteroatoms. The Kier molecular flexibility index (Phi) is 7.05. The van der Waals surface area contributed by atoms with Crippen LogP contribution in [0, 0.1) is 5.92 Å². The number of ether oxygens (including phenoxy) is 2. The zero-order valence-electron chi connectivity index (χ0n) is 21.6. The lowest BCUT2D eigenvalue weighted by Crippen LogP contribution is -2.43. The second kappa shape index (κ2) is 10.6. The topological polar surface area (TPSA) is 107 Å². The molecule has 194 valence electrons. The van der Waals surface area contributed by atoms with Gasteiger partial charge in [0.15, 0.2) is 5.78 Å². The first-order valence-electron chi connectivity index (χ1n) is 12.8. The van der Waals surface area contributed by atoms with Crippen LogP contribution >= 0.6 is 0 Å². The van der Waals surface area contributed by atoms with Crippen LogP contribution in [0.2, 0.25) is 0 Å². The maximum Gasteiger partial charge on any atom is 0.336 e. The van der Waals surface area contributed by atoms with Crippen LogP contribution in [0.3, 0.4) is 0 Å². The zero-order chi connectivity index (χ0) is 26.8.